The van der Waals surface area contributed by atoms with Crippen LogP contribution in [0.5, 0.6) is 0 Å². The number of amides is 2. The minimum absolute atomic E-state index is 0.105. The van der Waals surface area contributed by atoms with Crippen molar-refractivity contribution in [3.05, 3.63) is 54.1 Å². The van der Waals surface area contributed by atoms with Gasteiger partial charge in [0.2, 0.25) is 11.8 Å². The van der Waals surface area contributed by atoms with Gasteiger partial charge in [0.25, 0.3) is 0 Å². The molecule has 0 saturated carbocycles. The number of carbonyl (C=O) groups is 2. The molecule has 0 saturated heterocycles. The Labute approximate surface area is 230 Å². The summed E-state index contributed by atoms with van der Waals surface area (Å²) in [6, 6.07) is 15.9. The Morgan fingerprint density at radius 3 is 2.54 bits per heavy atom. The normalized spacial score (nSPS) is 12.7. The molecule has 2 heterocycles. The van der Waals surface area contributed by atoms with Crippen molar-refractivity contribution in [2.45, 2.75) is 65.1 Å². The van der Waals surface area contributed by atoms with E-state index in [1.54, 1.807) is 4.90 Å². The third-order valence-electron chi connectivity index (χ3n) is 7.03. The lowest BCUT2D eigenvalue weighted by molar-refractivity contribution is -0.125. The van der Waals surface area contributed by atoms with Gasteiger partial charge in [-0.2, -0.15) is 0 Å². The summed E-state index contributed by atoms with van der Waals surface area (Å²) >= 11 is 0. The molecule has 4 rings (SSSR count). The van der Waals surface area contributed by atoms with Gasteiger partial charge < -0.3 is 20.3 Å². The van der Waals surface area contributed by atoms with E-state index in [9.17, 15) is 9.59 Å². The Hall–Kier alpha value is -3.56. The van der Waals surface area contributed by atoms with Crippen LogP contribution in [0.25, 0.3) is 22.5 Å². The maximum atomic E-state index is 13.6. The molecule has 3 aromatic rings. The quantitative estimate of drug-likeness (QED) is 0.340. The lowest BCUT2D eigenvalue weighted by atomic mass is 9.95. The van der Waals surface area contributed by atoms with Gasteiger partial charge in [-0.1, -0.05) is 47.7 Å². The third-order valence-corrected chi connectivity index (χ3v) is 7.03. The van der Waals surface area contributed by atoms with Gasteiger partial charge in [0.15, 0.2) is 0 Å². The second-order valence-corrected chi connectivity index (χ2v) is 10.4. The molecule has 0 spiro atoms. The molecule has 0 aliphatic carbocycles. The molecule has 2 N–H and O–H groups in total. The lowest BCUT2D eigenvalue weighted by Crippen LogP contribution is -2.35. The van der Waals surface area contributed by atoms with Crippen molar-refractivity contribution in [2.75, 3.05) is 31.6 Å². The molecule has 2 amide bonds. The minimum Gasteiger partial charge on any atom is -0.376 e. The van der Waals surface area contributed by atoms with E-state index in [0.29, 0.717) is 26.1 Å². The van der Waals surface area contributed by atoms with Gasteiger partial charge in [-0.3, -0.25) is 9.59 Å². The highest BCUT2D eigenvalue weighted by molar-refractivity contribution is 6.01. The van der Waals surface area contributed by atoms with E-state index in [0.717, 1.165) is 53.3 Å². The van der Waals surface area contributed by atoms with Crippen LogP contribution < -0.4 is 15.5 Å². The molecule has 9 heteroatoms. The molecular formula is C30H40N6O3. The van der Waals surface area contributed by atoms with E-state index in [1.165, 1.54) is 0 Å². The van der Waals surface area contributed by atoms with Crippen LogP contribution >= 0.6 is 0 Å². The fraction of sp³-hybridized carbons (Fsp3) is 0.467. The number of nitrogens with zero attached hydrogens (tertiary/aromatic N) is 4. The highest BCUT2D eigenvalue weighted by Crippen LogP contribution is 2.41. The first-order chi connectivity index (χ1) is 18.8. The van der Waals surface area contributed by atoms with E-state index in [-0.39, 0.29) is 30.3 Å². The number of aryl methyl sites for hydroxylation is 1. The van der Waals surface area contributed by atoms with Crippen LogP contribution in [0, 0.1) is 0 Å². The van der Waals surface area contributed by atoms with Gasteiger partial charge >= 0.3 is 0 Å². The topological polar surface area (TPSA) is 101 Å². The first-order valence-electron chi connectivity index (χ1n) is 13.8. The summed E-state index contributed by atoms with van der Waals surface area (Å²) in [4.78, 5) is 28.0. The maximum absolute atomic E-state index is 13.6. The second kappa shape index (κ2) is 13.0. The van der Waals surface area contributed by atoms with Crippen molar-refractivity contribution in [1.29, 1.82) is 0 Å². The number of carbonyl (C=O) groups excluding carboxylic acids is 2. The number of anilines is 1. The van der Waals surface area contributed by atoms with Crippen molar-refractivity contribution in [3.8, 4) is 22.5 Å². The second-order valence-electron chi connectivity index (χ2n) is 10.4. The molecule has 1 aliphatic heterocycles. The van der Waals surface area contributed by atoms with Crippen LogP contribution in [-0.2, 0) is 27.4 Å². The largest absolute Gasteiger partial charge is 0.376 e. The van der Waals surface area contributed by atoms with Crippen molar-refractivity contribution >= 4 is 17.5 Å². The summed E-state index contributed by atoms with van der Waals surface area (Å²) < 4.78 is 7.67. The summed E-state index contributed by atoms with van der Waals surface area (Å²) in [6.45, 7) is 9.13. The summed E-state index contributed by atoms with van der Waals surface area (Å²) in [5.41, 5.74) is 5.10. The molecule has 0 unspecified atom stereocenters. The smallest absolute Gasteiger partial charge is 0.227 e. The number of aromatic nitrogens is 3. The SMILES string of the molecule is CCOC(C)(C)CCNC(=O)CCC(=O)N1Cc2ccccc2-c2c(nnn2CCCNC)-c2ccccc21. The number of benzene rings is 2. The molecule has 1 aromatic heterocycles. The van der Waals surface area contributed by atoms with E-state index in [4.69, 9.17) is 4.74 Å². The Morgan fingerprint density at radius 2 is 1.77 bits per heavy atom. The summed E-state index contributed by atoms with van der Waals surface area (Å²) in [5, 5.41) is 15.2. The Kier molecular flexibility index (Phi) is 9.48. The average Bonchev–Trinajstić information content (AvgIpc) is 3.32. The number of hydrogen-bond donors (Lipinski definition) is 2. The zero-order chi connectivity index (χ0) is 27.8. The molecule has 0 bridgehead atoms. The zero-order valence-electron chi connectivity index (χ0n) is 23.5. The predicted molar refractivity (Wildman–Crippen MR) is 153 cm³/mol. The molecule has 0 fully saturated rings. The standard InChI is InChI=1S/C30H40N6O3/c1-5-39-30(2,3)17-19-32-26(37)15-16-27(38)35-21-22-11-6-7-12-23(22)29-28(24-13-8-9-14-25(24)35)33-34-36(29)20-10-18-31-4/h6-9,11-14,31H,5,10,15-21H2,1-4H3,(H,32,37). The fourth-order valence-electron chi connectivity index (χ4n) is 5.01. The van der Waals surface area contributed by atoms with Crippen LogP contribution in [0.1, 0.15) is 52.0 Å². The van der Waals surface area contributed by atoms with Crippen LogP contribution in [0.2, 0.25) is 0 Å². The number of fused-ring (bicyclic) bond motifs is 5. The van der Waals surface area contributed by atoms with Crippen molar-refractivity contribution in [2.24, 2.45) is 0 Å². The first kappa shape index (κ1) is 28.4. The monoisotopic (exact) mass is 532 g/mol. The molecule has 208 valence electrons. The van der Waals surface area contributed by atoms with E-state index < -0.39 is 0 Å². The fourth-order valence-corrected chi connectivity index (χ4v) is 5.01. The molecule has 9 nitrogen and oxygen atoms in total. The number of nitrogens with one attached hydrogen (secondary N) is 2. The van der Waals surface area contributed by atoms with Gasteiger partial charge in [0.1, 0.15) is 5.69 Å². The number of rotatable bonds is 12. The minimum atomic E-state index is -0.299. The van der Waals surface area contributed by atoms with Crippen LogP contribution in [-0.4, -0.2) is 59.2 Å². The van der Waals surface area contributed by atoms with E-state index >= 15 is 0 Å². The number of hydrogen-bond acceptors (Lipinski definition) is 6. The van der Waals surface area contributed by atoms with Gasteiger partial charge in [0.05, 0.1) is 23.5 Å². The van der Waals surface area contributed by atoms with Crippen LogP contribution in [0.15, 0.2) is 48.5 Å². The molecule has 39 heavy (non-hydrogen) atoms. The number of para-hydroxylation sites is 1. The zero-order valence-corrected chi connectivity index (χ0v) is 23.5. The van der Waals surface area contributed by atoms with Gasteiger partial charge in [-0.25, -0.2) is 4.68 Å². The molecule has 1 aliphatic rings. The maximum Gasteiger partial charge on any atom is 0.227 e. The van der Waals surface area contributed by atoms with Crippen LogP contribution in [0.4, 0.5) is 5.69 Å². The molecule has 2 aromatic carbocycles. The van der Waals surface area contributed by atoms with Gasteiger partial charge in [0, 0.05) is 43.7 Å². The van der Waals surface area contributed by atoms with Gasteiger partial charge in [-0.05, 0) is 58.8 Å². The predicted octanol–water partition coefficient (Wildman–Crippen LogP) is 4.17. The Balaban J connectivity index is 1.56. The van der Waals surface area contributed by atoms with Crippen molar-refractivity contribution in [1.82, 2.24) is 25.6 Å². The summed E-state index contributed by atoms with van der Waals surface area (Å²) in [6.07, 6.45) is 1.86. The summed E-state index contributed by atoms with van der Waals surface area (Å²) in [5.74, 6) is -0.241. The highest BCUT2D eigenvalue weighted by atomic mass is 16.5. The van der Waals surface area contributed by atoms with Gasteiger partial charge in [-0.15, -0.1) is 5.10 Å². The van der Waals surface area contributed by atoms with Crippen LogP contribution in [0.3, 0.4) is 0 Å². The first-order valence-corrected chi connectivity index (χ1v) is 13.8. The van der Waals surface area contributed by atoms with Crippen molar-refractivity contribution < 1.29 is 14.3 Å². The molecule has 0 radical (unpaired) electrons. The Bertz CT molecular complexity index is 1290. The molecular weight excluding hydrogens is 492 g/mol. The third kappa shape index (κ3) is 6.91. The van der Waals surface area contributed by atoms with E-state index in [2.05, 4.69) is 27.0 Å². The van der Waals surface area contributed by atoms with E-state index in [1.807, 2.05) is 75.0 Å². The Morgan fingerprint density at radius 1 is 1.03 bits per heavy atom. The lowest BCUT2D eigenvalue weighted by Gasteiger charge is -2.28. The van der Waals surface area contributed by atoms with Crippen molar-refractivity contribution in [3.63, 3.8) is 0 Å². The summed E-state index contributed by atoms with van der Waals surface area (Å²) in [7, 11) is 1.94. The molecule has 0 atom stereocenters. The highest BCUT2D eigenvalue weighted by Gasteiger charge is 2.29. The number of ether oxygens (including phenoxy) is 1. The average molecular weight is 533 g/mol.